The summed E-state index contributed by atoms with van der Waals surface area (Å²) in [7, 11) is -0.0531. The second-order valence-electron chi connectivity index (χ2n) is 8.32. The second-order valence-corrected chi connectivity index (χ2v) is 13.1. The highest BCUT2D eigenvalue weighted by Crippen LogP contribution is 2.39. The zero-order chi connectivity index (χ0) is 17.4. The van der Waals surface area contributed by atoms with Crippen molar-refractivity contribution in [2.45, 2.75) is 64.2 Å². The van der Waals surface area contributed by atoms with E-state index in [0.717, 1.165) is 25.9 Å². The van der Waals surface area contributed by atoms with Crippen LogP contribution in [0, 0.1) is 5.92 Å². The van der Waals surface area contributed by atoms with Gasteiger partial charge in [0.15, 0.2) is 8.32 Å². The smallest absolute Gasteiger partial charge is 0.330 e. The van der Waals surface area contributed by atoms with Gasteiger partial charge in [-0.05, 0) is 43.3 Å². The molecule has 1 fully saturated rings. The summed E-state index contributed by atoms with van der Waals surface area (Å²) >= 11 is 0. The Balaban J connectivity index is 2.05. The minimum atomic E-state index is -1.74. The number of rotatable bonds is 4. The number of nitrogens with zero attached hydrogens (tertiary/aromatic N) is 2. The van der Waals surface area contributed by atoms with E-state index in [2.05, 4.69) is 33.9 Å². The van der Waals surface area contributed by atoms with Gasteiger partial charge in [0, 0.05) is 32.0 Å². The van der Waals surface area contributed by atoms with Gasteiger partial charge in [-0.2, -0.15) is 0 Å². The van der Waals surface area contributed by atoms with Crippen LogP contribution in [0.3, 0.4) is 0 Å². The third kappa shape index (κ3) is 3.86. The van der Waals surface area contributed by atoms with Crippen LogP contribution < -0.4 is 11.2 Å². The predicted octanol–water partition coefficient (Wildman–Crippen LogP) is 2.91. The van der Waals surface area contributed by atoms with E-state index in [-0.39, 0.29) is 22.3 Å². The molecule has 0 aliphatic heterocycles. The third-order valence-electron chi connectivity index (χ3n) is 5.55. The molecule has 0 N–H and O–H groups in total. The molecule has 23 heavy (non-hydrogen) atoms. The summed E-state index contributed by atoms with van der Waals surface area (Å²) < 4.78 is 9.21. The average molecular weight is 339 g/mol. The fraction of sp³-hybridized carbons (Fsp3) is 0.765. The highest BCUT2D eigenvalue weighted by Gasteiger charge is 2.38. The van der Waals surface area contributed by atoms with Gasteiger partial charge in [0.05, 0.1) is 0 Å². The van der Waals surface area contributed by atoms with Crippen molar-refractivity contribution >= 4 is 8.32 Å². The molecule has 1 aromatic heterocycles. The molecule has 6 heteroatoms. The summed E-state index contributed by atoms with van der Waals surface area (Å²) in [5, 5.41) is 0.206. The molecular weight excluding hydrogens is 308 g/mol. The van der Waals surface area contributed by atoms with Crippen molar-refractivity contribution in [3.8, 4) is 0 Å². The van der Waals surface area contributed by atoms with Crippen LogP contribution in [-0.2, 0) is 11.5 Å². The summed E-state index contributed by atoms with van der Waals surface area (Å²) in [5.74, 6) is 0.436. The lowest BCUT2D eigenvalue weighted by atomic mass is 10.1. The van der Waals surface area contributed by atoms with Crippen LogP contribution in [0.25, 0.3) is 0 Å². The van der Waals surface area contributed by atoms with E-state index in [1.807, 2.05) is 0 Å². The first kappa shape index (κ1) is 18.2. The molecule has 2 atom stereocenters. The van der Waals surface area contributed by atoms with Gasteiger partial charge >= 0.3 is 5.69 Å². The number of aryl methyl sites for hydroxylation is 1. The molecule has 0 saturated heterocycles. The van der Waals surface area contributed by atoms with Crippen molar-refractivity contribution in [2.24, 2.45) is 13.0 Å². The highest BCUT2D eigenvalue weighted by molar-refractivity contribution is 6.74. The summed E-state index contributed by atoms with van der Waals surface area (Å²) in [6.45, 7) is 12.0. The lowest BCUT2D eigenvalue weighted by Gasteiger charge is -2.37. The quantitative estimate of drug-likeness (QED) is 0.793. The maximum absolute atomic E-state index is 12.2. The molecule has 130 valence electrons. The van der Waals surface area contributed by atoms with E-state index in [1.54, 1.807) is 7.05 Å². The van der Waals surface area contributed by atoms with Gasteiger partial charge in [-0.1, -0.05) is 20.8 Å². The van der Waals surface area contributed by atoms with Gasteiger partial charge in [-0.25, -0.2) is 4.79 Å². The number of hydrogen-bond acceptors (Lipinski definition) is 3. The molecule has 0 unspecified atom stereocenters. The summed E-state index contributed by atoms with van der Waals surface area (Å²) in [5.41, 5.74) is -0.405. The third-order valence-corrected chi connectivity index (χ3v) is 10.1. The van der Waals surface area contributed by atoms with Crippen LogP contribution in [0.1, 0.15) is 46.1 Å². The zero-order valence-corrected chi connectivity index (χ0v) is 16.3. The van der Waals surface area contributed by atoms with Gasteiger partial charge in [-0.15, -0.1) is 0 Å². The zero-order valence-electron chi connectivity index (χ0n) is 15.3. The van der Waals surface area contributed by atoms with Gasteiger partial charge < -0.3 is 8.99 Å². The van der Waals surface area contributed by atoms with E-state index in [9.17, 15) is 9.59 Å². The molecule has 2 rings (SSSR count). The summed E-state index contributed by atoms with van der Waals surface area (Å²) in [4.78, 5) is 24.3. The topological polar surface area (TPSA) is 53.2 Å². The summed E-state index contributed by atoms with van der Waals surface area (Å²) in [6.07, 6.45) is 4.29. The summed E-state index contributed by atoms with van der Waals surface area (Å²) in [6, 6.07) is 1.48. The van der Waals surface area contributed by atoms with Crippen molar-refractivity contribution in [1.29, 1.82) is 0 Å². The molecule has 1 heterocycles. The number of aromatic nitrogens is 2. The van der Waals surface area contributed by atoms with Crippen molar-refractivity contribution in [2.75, 3.05) is 6.61 Å². The molecule has 0 bridgehead atoms. The first-order valence-corrected chi connectivity index (χ1v) is 11.4. The average Bonchev–Trinajstić information content (AvgIpc) is 2.89. The fourth-order valence-corrected chi connectivity index (χ4v) is 3.98. The molecule has 1 saturated carbocycles. The highest BCUT2D eigenvalue weighted by atomic mass is 28.4. The molecule has 0 spiro atoms. The maximum Gasteiger partial charge on any atom is 0.330 e. The Bertz CT molecular complexity index is 670. The standard InChI is InChI=1S/C17H30N2O3Si/c1-17(2,3)23(5,6)22-12-13-7-8-14(11-13)19-15(20)9-10-18(4)16(19)21/h9-10,13-14H,7-8,11-12H2,1-6H3/t13-,14+/m1/s1. The lowest BCUT2D eigenvalue weighted by molar-refractivity contribution is 0.226. The van der Waals surface area contributed by atoms with Crippen LogP contribution in [0.5, 0.6) is 0 Å². The van der Waals surface area contributed by atoms with Gasteiger partial charge in [-0.3, -0.25) is 9.36 Å². The normalized spacial score (nSPS) is 22.5. The van der Waals surface area contributed by atoms with Crippen LogP contribution >= 0.6 is 0 Å². The minimum Gasteiger partial charge on any atom is -0.417 e. The Hall–Kier alpha value is -1.14. The van der Waals surface area contributed by atoms with Crippen molar-refractivity contribution < 1.29 is 4.43 Å². The van der Waals surface area contributed by atoms with E-state index in [4.69, 9.17) is 4.43 Å². The first-order valence-electron chi connectivity index (χ1n) is 8.45. The Morgan fingerprint density at radius 3 is 2.52 bits per heavy atom. The monoisotopic (exact) mass is 338 g/mol. The fourth-order valence-electron chi connectivity index (χ4n) is 2.90. The van der Waals surface area contributed by atoms with Gasteiger partial charge in [0.25, 0.3) is 5.56 Å². The Morgan fingerprint density at radius 1 is 1.26 bits per heavy atom. The Morgan fingerprint density at radius 2 is 1.91 bits per heavy atom. The largest absolute Gasteiger partial charge is 0.417 e. The first-order chi connectivity index (χ1) is 10.5. The molecule has 1 aliphatic rings. The van der Waals surface area contributed by atoms with Gasteiger partial charge in [0.2, 0.25) is 0 Å². The SMILES string of the molecule is Cn1ccc(=O)n([C@H]2CC[C@@H](CO[Si](C)(C)C(C)(C)C)C2)c1=O. The van der Waals surface area contributed by atoms with Crippen molar-refractivity contribution in [1.82, 2.24) is 9.13 Å². The lowest BCUT2D eigenvalue weighted by Crippen LogP contribution is -2.42. The molecule has 1 aromatic rings. The van der Waals surface area contributed by atoms with Crippen LogP contribution in [-0.4, -0.2) is 24.1 Å². The van der Waals surface area contributed by atoms with E-state index in [0.29, 0.717) is 5.92 Å². The van der Waals surface area contributed by atoms with E-state index >= 15 is 0 Å². The maximum atomic E-state index is 12.2. The Labute approximate surface area is 139 Å². The van der Waals surface area contributed by atoms with Crippen LogP contribution in [0.15, 0.2) is 21.9 Å². The number of hydrogen-bond donors (Lipinski definition) is 0. The van der Waals surface area contributed by atoms with E-state index in [1.165, 1.54) is 21.4 Å². The second kappa shape index (κ2) is 6.40. The minimum absolute atomic E-state index is 0.00964. The molecule has 0 aromatic carbocycles. The molecule has 0 radical (unpaired) electrons. The molecule has 1 aliphatic carbocycles. The predicted molar refractivity (Wildman–Crippen MR) is 95.5 cm³/mol. The molecule has 0 amide bonds. The van der Waals surface area contributed by atoms with Crippen LogP contribution in [0.2, 0.25) is 18.1 Å². The Kier molecular flexibility index (Phi) is 5.06. The van der Waals surface area contributed by atoms with E-state index < -0.39 is 8.32 Å². The molecular formula is C17H30N2O3Si. The van der Waals surface area contributed by atoms with Gasteiger partial charge in [0.1, 0.15) is 0 Å². The van der Waals surface area contributed by atoms with Crippen LogP contribution in [0.4, 0.5) is 0 Å². The van der Waals surface area contributed by atoms with Crippen molar-refractivity contribution in [3.05, 3.63) is 33.1 Å². The molecule has 5 nitrogen and oxygen atoms in total. The van der Waals surface area contributed by atoms with Crippen molar-refractivity contribution in [3.63, 3.8) is 0 Å².